The highest BCUT2D eigenvalue weighted by Crippen LogP contribution is 2.25. The summed E-state index contributed by atoms with van der Waals surface area (Å²) in [6.45, 7) is 6.91. The zero-order valence-electron chi connectivity index (χ0n) is 27.8. The van der Waals surface area contributed by atoms with Crippen LogP contribution < -0.4 is 0 Å². The maximum absolute atomic E-state index is 12.0. The van der Waals surface area contributed by atoms with Crippen LogP contribution in [-0.4, -0.2) is 43.6 Å². The van der Waals surface area contributed by atoms with Gasteiger partial charge in [0.1, 0.15) is 0 Å². The van der Waals surface area contributed by atoms with Crippen molar-refractivity contribution in [3.05, 3.63) is 141 Å². The first-order valence-electron chi connectivity index (χ1n) is 16.4. The third-order valence-electron chi connectivity index (χ3n) is 8.24. The van der Waals surface area contributed by atoms with Crippen LogP contribution in [0.15, 0.2) is 97.1 Å². The van der Waals surface area contributed by atoms with Crippen molar-refractivity contribution in [3.8, 4) is 0 Å². The van der Waals surface area contributed by atoms with E-state index in [0.29, 0.717) is 43.3 Å². The number of carbonyl (C=O) groups is 2. The molecule has 0 aliphatic heterocycles. The van der Waals surface area contributed by atoms with Gasteiger partial charge in [-0.1, -0.05) is 84.4 Å². The smallest absolute Gasteiger partial charge is 0.337 e. The summed E-state index contributed by atoms with van der Waals surface area (Å²) < 4.78 is 16.7. The monoisotopic (exact) mass is 655 g/mol. The number of esters is 2. The number of halogens is 1. The van der Waals surface area contributed by atoms with Crippen molar-refractivity contribution in [1.82, 2.24) is 4.90 Å². The van der Waals surface area contributed by atoms with Gasteiger partial charge in [-0.2, -0.15) is 0 Å². The third-order valence-corrected chi connectivity index (χ3v) is 8.49. The van der Waals surface area contributed by atoms with E-state index in [4.69, 9.17) is 25.8 Å². The van der Waals surface area contributed by atoms with Crippen molar-refractivity contribution in [2.75, 3.05) is 26.8 Å². The van der Waals surface area contributed by atoms with Gasteiger partial charge < -0.3 is 14.2 Å². The molecule has 47 heavy (non-hydrogen) atoms. The number of methoxy groups -OCH3 is 1. The molecule has 0 fully saturated rings. The van der Waals surface area contributed by atoms with Gasteiger partial charge in [0, 0.05) is 24.5 Å². The molecule has 0 N–H and O–H groups in total. The fourth-order valence-electron chi connectivity index (χ4n) is 5.61. The molecule has 1 atom stereocenters. The van der Waals surface area contributed by atoms with Crippen molar-refractivity contribution >= 4 is 23.5 Å². The molecule has 0 radical (unpaired) electrons. The van der Waals surface area contributed by atoms with Gasteiger partial charge in [0.2, 0.25) is 0 Å². The van der Waals surface area contributed by atoms with E-state index in [-0.39, 0.29) is 18.0 Å². The van der Waals surface area contributed by atoms with Crippen LogP contribution >= 0.6 is 11.6 Å². The lowest BCUT2D eigenvalue weighted by atomic mass is 9.99. The lowest BCUT2D eigenvalue weighted by molar-refractivity contribution is -0.143. The lowest BCUT2D eigenvalue weighted by Crippen LogP contribution is -2.30. The van der Waals surface area contributed by atoms with Crippen LogP contribution in [0.3, 0.4) is 0 Å². The van der Waals surface area contributed by atoms with Crippen molar-refractivity contribution in [1.29, 1.82) is 0 Å². The second-order valence-corrected chi connectivity index (χ2v) is 12.2. The van der Waals surface area contributed by atoms with Crippen LogP contribution in [-0.2, 0) is 45.0 Å². The number of rotatable bonds is 18. The molecule has 0 spiro atoms. The van der Waals surface area contributed by atoms with E-state index in [2.05, 4.69) is 60.4 Å². The second-order valence-electron chi connectivity index (χ2n) is 11.8. The molecule has 4 aromatic rings. The van der Waals surface area contributed by atoms with Crippen molar-refractivity contribution < 1.29 is 23.8 Å². The number of hydrogen-bond acceptors (Lipinski definition) is 6. The van der Waals surface area contributed by atoms with Crippen LogP contribution in [0.25, 0.3) is 0 Å². The number of aryl methyl sites for hydroxylation is 3. The molecule has 1 unspecified atom stereocenters. The molecule has 0 heterocycles. The van der Waals surface area contributed by atoms with Crippen LogP contribution in [0.2, 0.25) is 5.02 Å². The quantitative estimate of drug-likeness (QED) is 0.0789. The molecule has 4 rings (SSSR count). The minimum Gasteiger partial charge on any atom is -0.466 e. The zero-order valence-corrected chi connectivity index (χ0v) is 28.5. The number of carbonyl (C=O) groups excluding carboxylic acids is 2. The fraction of sp³-hybridized carbons (Fsp3) is 0.350. The summed E-state index contributed by atoms with van der Waals surface area (Å²) in [6.07, 6.45) is 3.75. The highest BCUT2D eigenvalue weighted by molar-refractivity contribution is 6.30. The standard InChI is InChI=1S/C40H46ClNO5/c1-4-46-39(43)12-8-9-25-42(27-32-14-19-36(20-15-32)40(44)45-3)28-38(35-21-23-37(41)24-22-35)47-29-33-16-18-34(30(2)26-33)17-13-31-10-6-5-7-11-31/h5-7,10-11,14-16,18-24,26,38H,4,8-9,12-13,17,25,27-29H2,1-3H3. The van der Waals surface area contributed by atoms with Crippen LogP contribution in [0.5, 0.6) is 0 Å². The molecule has 0 aliphatic carbocycles. The Labute approximate surface area is 284 Å². The third kappa shape index (κ3) is 12.0. The van der Waals surface area contributed by atoms with Gasteiger partial charge in [-0.15, -0.1) is 0 Å². The van der Waals surface area contributed by atoms with E-state index in [1.807, 2.05) is 43.3 Å². The van der Waals surface area contributed by atoms with Gasteiger partial charge in [-0.3, -0.25) is 9.69 Å². The maximum atomic E-state index is 12.0. The average molecular weight is 656 g/mol. The maximum Gasteiger partial charge on any atom is 0.337 e. The predicted molar refractivity (Wildman–Crippen MR) is 188 cm³/mol. The topological polar surface area (TPSA) is 65.1 Å². The van der Waals surface area contributed by atoms with Crippen molar-refractivity contribution in [2.45, 2.75) is 65.2 Å². The Morgan fingerprint density at radius 1 is 0.830 bits per heavy atom. The van der Waals surface area contributed by atoms with Gasteiger partial charge in [0.15, 0.2) is 0 Å². The summed E-state index contributed by atoms with van der Waals surface area (Å²) in [5, 5.41) is 0.677. The lowest BCUT2D eigenvalue weighted by Gasteiger charge is -2.28. The number of unbranched alkanes of at least 4 members (excludes halogenated alkanes) is 1. The van der Waals surface area contributed by atoms with Crippen LogP contribution in [0, 0.1) is 6.92 Å². The molecule has 0 amide bonds. The minimum absolute atomic E-state index is 0.166. The van der Waals surface area contributed by atoms with E-state index in [0.717, 1.165) is 48.9 Å². The summed E-state index contributed by atoms with van der Waals surface area (Å²) >= 11 is 6.26. The van der Waals surface area contributed by atoms with Gasteiger partial charge >= 0.3 is 11.9 Å². The summed E-state index contributed by atoms with van der Waals surface area (Å²) in [4.78, 5) is 26.3. The Kier molecular flexibility index (Phi) is 14.5. The minimum atomic E-state index is -0.358. The van der Waals surface area contributed by atoms with E-state index < -0.39 is 0 Å². The van der Waals surface area contributed by atoms with Crippen molar-refractivity contribution in [2.24, 2.45) is 0 Å². The summed E-state index contributed by atoms with van der Waals surface area (Å²) in [5.41, 5.74) is 7.71. The van der Waals surface area contributed by atoms with Crippen molar-refractivity contribution in [3.63, 3.8) is 0 Å². The normalized spacial score (nSPS) is 11.8. The van der Waals surface area contributed by atoms with Crippen LogP contribution in [0.1, 0.15) is 76.0 Å². The highest BCUT2D eigenvalue weighted by Gasteiger charge is 2.19. The largest absolute Gasteiger partial charge is 0.466 e. The van der Waals surface area contributed by atoms with E-state index in [9.17, 15) is 9.59 Å². The van der Waals surface area contributed by atoms with Gasteiger partial charge in [0.25, 0.3) is 0 Å². The first kappa shape index (κ1) is 35.9. The molecule has 0 bridgehead atoms. The molecule has 248 valence electrons. The Hall–Kier alpha value is -3.97. The number of nitrogens with zero attached hydrogens (tertiary/aromatic N) is 1. The van der Waals surface area contributed by atoms with Gasteiger partial charge in [-0.25, -0.2) is 4.79 Å². The molecular weight excluding hydrogens is 610 g/mol. The van der Waals surface area contributed by atoms with E-state index in [1.165, 1.54) is 23.8 Å². The zero-order chi connectivity index (χ0) is 33.4. The predicted octanol–water partition coefficient (Wildman–Crippen LogP) is 8.71. The summed E-state index contributed by atoms with van der Waals surface area (Å²) in [6, 6.07) is 32.5. The first-order valence-corrected chi connectivity index (χ1v) is 16.8. The Morgan fingerprint density at radius 2 is 1.55 bits per heavy atom. The van der Waals surface area contributed by atoms with E-state index >= 15 is 0 Å². The van der Waals surface area contributed by atoms with Gasteiger partial charge in [0.05, 0.1) is 32.0 Å². The SMILES string of the molecule is CCOC(=O)CCCCN(Cc1ccc(C(=O)OC)cc1)CC(OCc1ccc(CCc2ccccc2)c(C)c1)c1ccc(Cl)cc1. The van der Waals surface area contributed by atoms with E-state index in [1.54, 1.807) is 12.1 Å². The molecule has 0 aliphatic rings. The highest BCUT2D eigenvalue weighted by atomic mass is 35.5. The van der Waals surface area contributed by atoms with Gasteiger partial charge in [-0.05, 0) is 104 Å². The molecular formula is C40H46ClNO5. The molecule has 7 heteroatoms. The Balaban J connectivity index is 1.47. The number of benzene rings is 4. The van der Waals surface area contributed by atoms with Crippen LogP contribution in [0.4, 0.5) is 0 Å². The molecule has 0 saturated heterocycles. The summed E-state index contributed by atoms with van der Waals surface area (Å²) in [5.74, 6) is -0.524. The number of hydrogen-bond donors (Lipinski definition) is 0. The molecule has 4 aromatic carbocycles. The summed E-state index contributed by atoms with van der Waals surface area (Å²) in [7, 11) is 1.38. The number of ether oxygens (including phenoxy) is 3. The second kappa shape index (κ2) is 19.0. The first-order chi connectivity index (χ1) is 22.8. The average Bonchev–Trinajstić information content (AvgIpc) is 3.09. The molecule has 0 aromatic heterocycles. The Morgan fingerprint density at radius 3 is 2.23 bits per heavy atom. The molecule has 6 nitrogen and oxygen atoms in total. The fourth-order valence-corrected chi connectivity index (χ4v) is 5.74. The molecule has 0 saturated carbocycles. The Bertz CT molecular complexity index is 1540.